The van der Waals surface area contributed by atoms with Gasteiger partial charge in [0.1, 0.15) is 17.7 Å². The average molecular weight is 488 g/mol. The smallest absolute Gasteiger partial charge is 0.356 e. The van der Waals surface area contributed by atoms with Crippen molar-refractivity contribution in [3.63, 3.8) is 0 Å². The van der Waals surface area contributed by atoms with Gasteiger partial charge in [0, 0.05) is 49.6 Å². The van der Waals surface area contributed by atoms with Crippen LogP contribution < -0.4 is 5.32 Å². The van der Waals surface area contributed by atoms with Gasteiger partial charge >= 0.3 is 12.2 Å². The molecule has 0 atom stereocenters. The van der Waals surface area contributed by atoms with Crippen LogP contribution in [0.1, 0.15) is 67.8 Å². The highest BCUT2D eigenvalue weighted by molar-refractivity contribution is 5.77. The van der Waals surface area contributed by atoms with Gasteiger partial charge < -0.3 is 15.1 Å². The fourth-order valence-electron chi connectivity index (χ4n) is 5.89. The van der Waals surface area contributed by atoms with Crippen molar-refractivity contribution >= 4 is 11.8 Å². The van der Waals surface area contributed by atoms with E-state index < -0.39 is 11.7 Å². The molecule has 1 N–H and O–H groups in total. The van der Waals surface area contributed by atoms with E-state index in [9.17, 15) is 18.0 Å². The van der Waals surface area contributed by atoms with E-state index in [0.29, 0.717) is 25.0 Å². The summed E-state index contributed by atoms with van der Waals surface area (Å²) in [7, 11) is 0. The Balaban J connectivity index is 0.872. The fraction of sp³-hybridized carbons (Fsp3) is 0.667. The van der Waals surface area contributed by atoms with E-state index >= 15 is 0 Å². The normalized spacial score (nSPS) is 25.1. The second kappa shape index (κ2) is 7.10. The van der Waals surface area contributed by atoms with Gasteiger partial charge in [-0.1, -0.05) is 6.07 Å². The van der Waals surface area contributed by atoms with E-state index in [-0.39, 0.29) is 36.0 Å². The zero-order valence-electron chi connectivity index (χ0n) is 19.3. The molecule has 2 aromatic heterocycles. The minimum Gasteiger partial charge on any atom is -0.356 e. The quantitative estimate of drug-likeness (QED) is 0.692. The molecular formula is C24H28F3N7O. The van der Waals surface area contributed by atoms with Crippen LogP contribution in [-0.2, 0) is 0 Å². The summed E-state index contributed by atoms with van der Waals surface area (Å²) in [4.78, 5) is 25.3. The number of hydrogen-bond acceptors (Lipinski definition) is 5. The number of halogens is 3. The summed E-state index contributed by atoms with van der Waals surface area (Å²) < 4.78 is 41.4. The predicted octanol–water partition coefficient (Wildman–Crippen LogP) is 3.91. The Morgan fingerprint density at radius 1 is 1.03 bits per heavy atom. The second-order valence-corrected chi connectivity index (χ2v) is 11.3. The lowest BCUT2D eigenvalue weighted by molar-refractivity contribution is -0.151. The van der Waals surface area contributed by atoms with Crippen molar-refractivity contribution in [3.05, 3.63) is 36.0 Å². The molecule has 3 saturated carbocycles. The van der Waals surface area contributed by atoms with E-state index in [1.807, 2.05) is 26.9 Å². The molecule has 35 heavy (non-hydrogen) atoms. The number of carbonyl (C=O) groups is 1. The number of pyridine rings is 1. The number of aromatic nitrogens is 4. The Labute approximate surface area is 200 Å². The Morgan fingerprint density at radius 3 is 2.37 bits per heavy atom. The molecule has 186 valence electrons. The summed E-state index contributed by atoms with van der Waals surface area (Å²) in [5.41, 5.74) is -0.625. The minimum absolute atomic E-state index is 0.0826. The van der Waals surface area contributed by atoms with Crippen molar-refractivity contribution in [2.24, 2.45) is 5.41 Å². The minimum atomic E-state index is -4.27. The lowest BCUT2D eigenvalue weighted by atomic mass is 9.61. The van der Waals surface area contributed by atoms with Gasteiger partial charge in [0.25, 0.3) is 0 Å². The molecule has 1 spiro atoms. The lowest BCUT2D eigenvalue weighted by Gasteiger charge is -2.60. The van der Waals surface area contributed by atoms with Gasteiger partial charge in [-0.25, -0.2) is 19.4 Å². The molecule has 11 heteroatoms. The van der Waals surface area contributed by atoms with Crippen molar-refractivity contribution < 1.29 is 18.0 Å². The summed E-state index contributed by atoms with van der Waals surface area (Å²) in [5.74, 6) is 1.97. The van der Waals surface area contributed by atoms with Crippen molar-refractivity contribution in [2.75, 3.05) is 31.5 Å². The second-order valence-electron chi connectivity index (χ2n) is 11.3. The maximum Gasteiger partial charge on any atom is 0.411 e. The first-order valence-corrected chi connectivity index (χ1v) is 12.5. The third-order valence-electron chi connectivity index (χ3n) is 8.57. The topological polar surface area (TPSA) is 79.2 Å². The first kappa shape index (κ1) is 21.4. The molecule has 0 bridgehead atoms. The monoisotopic (exact) mass is 487 g/mol. The standard InChI is InChI=1S/C24H28F3N7O/c25-24(26,27)23(5-6-23)30-19-4-3-16(9-28-19)17-10-32(11-17)21(35)33-12-22(13-33)7-18(8-22)34-14-29-20(31-34)15-1-2-15/h3-4,9,14-15,17-18H,1-2,5-8,10-13H2,(H,28,30). The van der Waals surface area contributed by atoms with Crippen LogP contribution in [0.25, 0.3) is 0 Å². The molecule has 2 aliphatic heterocycles. The van der Waals surface area contributed by atoms with Crippen LogP contribution in [-0.4, -0.2) is 73.5 Å². The molecule has 3 aliphatic carbocycles. The van der Waals surface area contributed by atoms with Crippen LogP contribution in [0, 0.1) is 5.41 Å². The van der Waals surface area contributed by atoms with Crippen molar-refractivity contribution in [1.29, 1.82) is 0 Å². The molecule has 7 rings (SSSR count). The number of hydrogen-bond donors (Lipinski definition) is 1. The highest BCUT2D eigenvalue weighted by atomic mass is 19.4. The van der Waals surface area contributed by atoms with E-state index in [2.05, 4.69) is 20.4 Å². The molecule has 4 heterocycles. The average Bonchev–Trinajstić information content (AvgIpc) is 3.65. The van der Waals surface area contributed by atoms with Gasteiger partial charge in [-0.15, -0.1) is 0 Å². The summed E-state index contributed by atoms with van der Waals surface area (Å²) in [6.45, 7) is 2.84. The van der Waals surface area contributed by atoms with Crippen molar-refractivity contribution in [2.45, 2.75) is 68.1 Å². The number of alkyl halides is 3. The highest BCUT2D eigenvalue weighted by Gasteiger charge is 2.63. The van der Waals surface area contributed by atoms with E-state index in [0.717, 1.165) is 37.3 Å². The van der Waals surface area contributed by atoms with Gasteiger partial charge in [0.05, 0.1) is 6.04 Å². The summed E-state index contributed by atoms with van der Waals surface area (Å²) in [6, 6.07) is 3.91. The molecule has 8 nitrogen and oxygen atoms in total. The molecule has 0 aromatic carbocycles. The zero-order chi connectivity index (χ0) is 24.0. The number of urea groups is 1. The predicted molar refractivity (Wildman–Crippen MR) is 120 cm³/mol. The van der Waals surface area contributed by atoms with E-state index in [4.69, 9.17) is 0 Å². The Kier molecular flexibility index (Phi) is 4.35. The summed E-state index contributed by atoms with van der Waals surface area (Å²) >= 11 is 0. The highest BCUT2D eigenvalue weighted by Crippen LogP contribution is 2.54. The first-order chi connectivity index (χ1) is 16.7. The van der Waals surface area contributed by atoms with Gasteiger partial charge in [0.15, 0.2) is 5.82 Å². The number of anilines is 1. The number of nitrogens with zero attached hydrogens (tertiary/aromatic N) is 6. The molecular weight excluding hydrogens is 459 g/mol. The van der Waals surface area contributed by atoms with Crippen LogP contribution in [0.2, 0.25) is 0 Å². The molecule has 5 aliphatic rings. The Morgan fingerprint density at radius 2 is 1.77 bits per heavy atom. The van der Waals surface area contributed by atoms with Gasteiger partial charge in [-0.2, -0.15) is 18.3 Å². The number of rotatable bonds is 5. The van der Waals surface area contributed by atoms with Crippen LogP contribution in [0.3, 0.4) is 0 Å². The Bertz CT molecular complexity index is 1130. The first-order valence-electron chi connectivity index (χ1n) is 12.5. The number of nitrogens with one attached hydrogen (secondary N) is 1. The van der Waals surface area contributed by atoms with Crippen molar-refractivity contribution in [1.82, 2.24) is 29.5 Å². The molecule has 0 unspecified atom stereocenters. The van der Waals surface area contributed by atoms with Crippen LogP contribution in [0.4, 0.5) is 23.8 Å². The van der Waals surface area contributed by atoms with Crippen LogP contribution >= 0.6 is 0 Å². The van der Waals surface area contributed by atoms with Gasteiger partial charge in [-0.3, -0.25) is 0 Å². The third-order valence-corrected chi connectivity index (χ3v) is 8.57. The van der Waals surface area contributed by atoms with Crippen LogP contribution in [0.5, 0.6) is 0 Å². The SMILES string of the molecule is O=C(N1CC(c2ccc(NC3(C(F)(F)F)CC3)nc2)C1)N1CC2(CC(n3cnc(C4CC4)n3)C2)C1. The maximum atomic E-state index is 13.1. The molecule has 2 amide bonds. The third kappa shape index (κ3) is 3.57. The van der Waals surface area contributed by atoms with E-state index in [1.165, 1.54) is 12.8 Å². The number of amides is 2. The molecule has 2 saturated heterocycles. The molecule has 0 radical (unpaired) electrons. The van der Waals surface area contributed by atoms with E-state index in [1.54, 1.807) is 12.3 Å². The van der Waals surface area contributed by atoms with Gasteiger partial charge in [-0.05, 0) is 50.2 Å². The Hall–Kier alpha value is -2.85. The zero-order valence-corrected chi connectivity index (χ0v) is 19.3. The largest absolute Gasteiger partial charge is 0.411 e. The number of likely N-dealkylation sites (tertiary alicyclic amines) is 2. The number of carbonyl (C=O) groups excluding carboxylic acids is 1. The summed E-state index contributed by atoms with van der Waals surface area (Å²) in [6.07, 6.45) is 3.90. The van der Waals surface area contributed by atoms with Crippen molar-refractivity contribution in [3.8, 4) is 0 Å². The van der Waals surface area contributed by atoms with Gasteiger partial charge in [0.2, 0.25) is 0 Å². The maximum absolute atomic E-state index is 13.1. The summed E-state index contributed by atoms with van der Waals surface area (Å²) in [5, 5.41) is 7.21. The molecule has 2 aromatic rings. The lowest BCUT2D eigenvalue weighted by Crippen LogP contribution is -2.67. The fourth-order valence-corrected chi connectivity index (χ4v) is 5.89. The van der Waals surface area contributed by atoms with Crippen LogP contribution in [0.15, 0.2) is 24.7 Å². The molecule has 5 fully saturated rings.